The topological polar surface area (TPSA) is 46.0 Å². The number of hydrogen-bond donors (Lipinski definition) is 1. The van der Waals surface area contributed by atoms with Crippen molar-refractivity contribution in [3.8, 4) is 0 Å². The Morgan fingerprint density at radius 3 is 2.59 bits per heavy atom. The molecule has 1 aromatic heterocycles. The first-order chi connectivity index (χ1) is 8.20. The molecule has 1 aromatic carbocycles. The van der Waals surface area contributed by atoms with E-state index in [0.717, 1.165) is 19.1 Å². The molecular formula is C11H12N2OS3. The number of rotatable bonds is 4. The van der Waals surface area contributed by atoms with Crippen molar-refractivity contribution in [3.05, 3.63) is 29.8 Å². The van der Waals surface area contributed by atoms with Gasteiger partial charge in [-0.25, -0.2) is 0 Å². The SMILES string of the molecule is CSc1nnc(Sc2ccccc2[C@H](C)O)s1. The Kier molecular flexibility index (Phi) is 4.44. The molecule has 0 saturated carbocycles. The molecule has 0 fully saturated rings. The van der Waals surface area contributed by atoms with Crippen LogP contribution < -0.4 is 0 Å². The van der Waals surface area contributed by atoms with E-state index in [0.29, 0.717) is 0 Å². The van der Waals surface area contributed by atoms with Crippen LogP contribution in [-0.4, -0.2) is 21.6 Å². The van der Waals surface area contributed by atoms with Crippen LogP contribution in [-0.2, 0) is 0 Å². The minimum Gasteiger partial charge on any atom is -0.389 e. The Morgan fingerprint density at radius 2 is 1.94 bits per heavy atom. The van der Waals surface area contributed by atoms with E-state index in [1.165, 1.54) is 0 Å². The van der Waals surface area contributed by atoms with Crippen LogP contribution in [0.25, 0.3) is 0 Å². The number of hydrogen-bond acceptors (Lipinski definition) is 6. The summed E-state index contributed by atoms with van der Waals surface area (Å²) in [7, 11) is 0. The van der Waals surface area contributed by atoms with Gasteiger partial charge in [-0.3, -0.25) is 0 Å². The van der Waals surface area contributed by atoms with E-state index in [9.17, 15) is 5.11 Å². The minimum absolute atomic E-state index is 0.466. The van der Waals surface area contributed by atoms with Gasteiger partial charge in [-0.1, -0.05) is 53.1 Å². The van der Waals surface area contributed by atoms with E-state index in [4.69, 9.17) is 0 Å². The second kappa shape index (κ2) is 5.86. The molecule has 0 aliphatic heterocycles. The van der Waals surface area contributed by atoms with Crippen LogP contribution in [0.3, 0.4) is 0 Å². The van der Waals surface area contributed by atoms with Crippen molar-refractivity contribution in [2.45, 2.75) is 26.6 Å². The number of aliphatic hydroxyl groups is 1. The number of nitrogens with zero attached hydrogens (tertiary/aromatic N) is 2. The van der Waals surface area contributed by atoms with Crippen molar-refractivity contribution < 1.29 is 5.11 Å². The van der Waals surface area contributed by atoms with Gasteiger partial charge < -0.3 is 5.11 Å². The van der Waals surface area contributed by atoms with Crippen LogP contribution in [0, 0.1) is 0 Å². The second-order valence-electron chi connectivity index (χ2n) is 3.35. The van der Waals surface area contributed by atoms with Crippen molar-refractivity contribution in [2.75, 3.05) is 6.26 Å². The Balaban J connectivity index is 2.23. The van der Waals surface area contributed by atoms with Gasteiger partial charge in [0.05, 0.1) is 6.10 Å². The van der Waals surface area contributed by atoms with Crippen LogP contribution in [0.2, 0.25) is 0 Å². The summed E-state index contributed by atoms with van der Waals surface area (Å²) in [5.74, 6) is 0. The summed E-state index contributed by atoms with van der Waals surface area (Å²) < 4.78 is 1.87. The highest BCUT2D eigenvalue weighted by Crippen LogP contribution is 2.36. The zero-order valence-electron chi connectivity index (χ0n) is 9.45. The molecule has 90 valence electrons. The van der Waals surface area contributed by atoms with Gasteiger partial charge in [0.2, 0.25) is 0 Å². The largest absolute Gasteiger partial charge is 0.389 e. The molecule has 0 bridgehead atoms. The first-order valence-corrected chi connectivity index (χ1v) is 7.89. The molecule has 1 atom stereocenters. The molecule has 0 unspecified atom stereocenters. The van der Waals surface area contributed by atoms with E-state index >= 15 is 0 Å². The summed E-state index contributed by atoms with van der Waals surface area (Å²) in [5.41, 5.74) is 0.929. The Hall–Kier alpha value is -0.560. The zero-order chi connectivity index (χ0) is 12.3. The molecule has 1 heterocycles. The lowest BCUT2D eigenvalue weighted by molar-refractivity contribution is 0.196. The average Bonchev–Trinajstić information content (AvgIpc) is 2.77. The first kappa shape index (κ1) is 12.9. The van der Waals surface area contributed by atoms with E-state index in [1.54, 1.807) is 41.8 Å². The van der Waals surface area contributed by atoms with Crippen molar-refractivity contribution in [3.63, 3.8) is 0 Å². The van der Waals surface area contributed by atoms with Crippen LogP contribution >= 0.6 is 34.9 Å². The fourth-order valence-corrected chi connectivity index (χ4v) is 3.94. The summed E-state index contributed by atoms with van der Waals surface area (Å²) in [6.07, 6.45) is 1.52. The molecule has 0 radical (unpaired) electrons. The predicted octanol–water partition coefficient (Wildman–Crippen LogP) is 3.46. The van der Waals surface area contributed by atoms with Crippen LogP contribution in [0.1, 0.15) is 18.6 Å². The number of aromatic nitrogens is 2. The van der Waals surface area contributed by atoms with Gasteiger partial charge in [0.25, 0.3) is 0 Å². The van der Waals surface area contributed by atoms with E-state index in [1.807, 2.05) is 30.5 Å². The fourth-order valence-electron chi connectivity index (χ4n) is 1.33. The van der Waals surface area contributed by atoms with E-state index in [-0.39, 0.29) is 0 Å². The highest BCUT2D eigenvalue weighted by atomic mass is 32.2. The number of benzene rings is 1. The Bertz CT molecular complexity index is 499. The first-order valence-electron chi connectivity index (χ1n) is 5.03. The monoisotopic (exact) mass is 284 g/mol. The lowest BCUT2D eigenvalue weighted by Gasteiger charge is -2.09. The third-order valence-corrected chi connectivity index (χ3v) is 5.17. The maximum atomic E-state index is 9.68. The minimum atomic E-state index is -0.466. The van der Waals surface area contributed by atoms with E-state index < -0.39 is 6.10 Å². The van der Waals surface area contributed by atoms with Crippen molar-refractivity contribution in [2.24, 2.45) is 0 Å². The van der Waals surface area contributed by atoms with Crippen molar-refractivity contribution in [1.82, 2.24) is 10.2 Å². The van der Waals surface area contributed by atoms with Gasteiger partial charge in [0.1, 0.15) is 0 Å². The smallest absolute Gasteiger partial charge is 0.179 e. The zero-order valence-corrected chi connectivity index (χ0v) is 11.9. The molecule has 2 aromatic rings. The van der Waals surface area contributed by atoms with Crippen LogP contribution in [0.15, 0.2) is 37.8 Å². The summed E-state index contributed by atoms with van der Waals surface area (Å²) in [6.45, 7) is 1.77. The van der Waals surface area contributed by atoms with Crippen LogP contribution in [0.5, 0.6) is 0 Å². The van der Waals surface area contributed by atoms with E-state index in [2.05, 4.69) is 10.2 Å². The summed E-state index contributed by atoms with van der Waals surface area (Å²) >= 11 is 4.71. The summed E-state index contributed by atoms with van der Waals surface area (Å²) in [4.78, 5) is 1.03. The summed E-state index contributed by atoms with van der Waals surface area (Å²) in [5, 5.41) is 17.8. The second-order valence-corrected chi connectivity index (χ2v) is 6.67. The van der Waals surface area contributed by atoms with Gasteiger partial charge in [0.15, 0.2) is 8.68 Å². The maximum absolute atomic E-state index is 9.68. The molecule has 0 aliphatic carbocycles. The molecule has 0 spiro atoms. The quantitative estimate of drug-likeness (QED) is 0.871. The Labute approximate surface area is 113 Å². The standard InChI is InChI=1S/C11H12N2OS3/c1-7(14)8-5-3-4-6-9(8)16-11-13-12-10(15-2)17-11/h3-7,14H,1-2H3/t7-/m0/s1. The molecule has 3 nitrogen and oxygen atoms in total. The van der Waals surface area contributed by atoms with Crippen molar-refractivity contribution in [1.29, 1.82) is 0 Å². The molecule has 0 aliphatic rings. The number of thioether (sulfide) groups is 1. The van der Waals surface area contributed by atoms with Gasteiger partial charge in [-0.2, -0.15) is 0 Å². The lowest BCUT2D eigenvalue weighted by Crippen LogP contribution is -1.93. The van der Waals surface area contributed by atoms with Crippen LogP contribution in [0.4, 0.5) is 0 Å². The van der Waals surface area contributed by atoms with Gasteiger partial charge >= 0.3 is 0 Å². The van der Waals surface area contributed by atoms with Crippen molar-refractivity contribution >= 4 is 34.9 Å². The molecule has 6 heteroatoms. The lowest BCUT2D eigenvalue weighted by atomic mass is 10.1. The molecule has 2 rings (SSSR count). The Morgan fingerprint density at radius 1 is 1.24 bits per heavy atom. The maximum Gasteiger partial charge on any atom is 0.179 e. The predicted molar refractivity (Wildman–Crippen MR) is 72.9 cm³/mol. The van der Waals surface area contributed by atoms with Gasteiger partial charge in [0, 0.05) is 4.90 Å². The highest BCUT2D eigenvalue weighted by Gasteiger charge is 2.11. The fraction of sp³-hybridized carbons (Fsp3) is 0.273. The molecule has 0 amide bonds. The van der Waals surface area contributed by atoms with Gasteiger partial charge in [-0.15, -0.1) is 10.2 Å². The third-order valence-electron chi connectivity index (χ3n) is 2.13. The van der Waals surface area contributed by atoms with Gasteiger partial charge in [-0.05, 0) is 24.8 Å². The molecule has 1 N–H and O–H groups in total. The average molecular weight is 284 g/mol. The summed E-state index contributed by atoms with van der Waals surface area (Å²) in [6, 6.07) is 7.82. The third kappa shape index (κ3) is 3.22. The molecule has 0 saturated heterocycles. The normalized spacial score (nSPS) is 12.6. The number of aliphatic hydroxyl groups excluding tert-OH is 1. The molecule has 17 heavy (non-hydrogen) atoms. The molecular weight excluding hydrogens is 272 g/mol. The highest BCUT2D eigenvalue weighted by molar-refractivity contribution is 8.03.